The number of hydrogen-bond acceptors (Lipinski definition) is 5. The number of carbonyl (C=O) groups is 1. The van der Waals surface area contributed by atoms with E-state index >= 15 is 0 Å². The third-order valence-corrected chi connectivity index (χ3v) is 3.02. The Labute approximate surface area is 102 Å². The number of carboxylic acid groups (broad SMARTS) is 1. The number of aromatic nitrogens is 2. The van der Waals surface area contributed by atoms with E-state index in [2.05, 4.69) is 15.3 Å². The van der Waals surface area contributed by atoms with Gasteiger partial charge in [-0.05, 0) is 19.1 Å². The van der Waals surface area contributed by atoms with Crippen molar-refractivity contribution in [1.82, 2.24) is 9.97 Å². The first-order valence-corrected chi connectivity index (χ1v) is 5.87. The van der Waals surface area contributed by atoms with Crippen molar-refractivity contribution in [3.8, 4) is 0 Å². The average molecular weight is 249 g/mol. The van der Waals surface area contributed by atoms with E-state index in [1.807, 2.05) is 12.3 Å². The van der Waals surface area contributed by atoms with Crippen LogP contribution in [0.15, 0.2) is 23.7 Å². The Morgan fingerprint density at radius 3 is 3.06 bits per heavy atom. The summed E-state index contributed by atoms with van der Waals surface area (Å²) < 4.78 is 0. The molecule has 0 aliphatic carbocycles. The number of nitrogens with zero attached hydrogens (tertiary/aromatic N) is 2. The monoisotopic (exact) mass is 249 g/mol. The molecule has 88 valence electrons. The van der Waals surface area contributed by atoms with E-state index in [0.717, 1.165) is 10.8 Å². The van der Waals surface area contributed by atoms with E-state index < -0.39 is 5.97 Å². The van der Waals surface area contributed by atoms with Gasteiger partial charge >= 0.3 is 5.97 Å². The Morgan fingerprint density at radius 1 is 1.59 bits per heavy atom. The zero-order valence-electron chi connectivity index (χ0n) is 9.17. The quantitative estimate of drug-likeness (QED) is 0.868. The first-order valence-electron chi connectivity index (χ1n) is 4.99. The molecule has 5 nitrogen and oxygen atoms in total. The molecular weight excluding hydrogens is 238 g/mol. The first-order chi connectivity index (χ1) is 8.15. The van der Waals surface area contributed by atoms with Gasteiger partial charge in [0.1, 0.15) is 0 Å². The van der Waals surface area contributed by atoms with E-state index in [0.29, 0.717) is 12.2 Å². The van der Waals surface area contributed by atoms with Crippen molar-refractivity contribution in [2.45, 2.75) is 13.5 Å². The molecule has 0 spiro atoms. The lowest BCUT2D eigenvalue weighted by atomic mass is 10.2. The van der Waals surface area contributed by atoms with Crippen molar-refractivity contribution < 1.29 is 9.90 Å². The minimum atomic E-state index is -0.946. The lowest BCUT2D eigenvalue weighted by Gasteiger charge is -2.02. The highest BCUT2D eigenvalue weighted by Gasteiger charge is 2.04. The molecule has 0 bridgehead atoms. The Balaban J connectivity index is 2.04. The van der Waals surface area contributed by atoms with Crippen LogP contribution >= 0.6 is 11.3 Å². The Morgan fingerprint density at radius 2 is 2.41 bits per heavy atom. The molecule has 2 heterocycles. The molecule has 17 heavy (non-hydrogen) atoms. The fourth-order valence-electron chi connectivity index (χ4n) is 1.31. The summed E-state index contributed by atoms with van der Waals surface area (Å²) in [6, 6.07) is 3.02. The van der Waals surface area contributed by atoms with Crippen LogP contribution in [0, 0.1) is 6.92 Å². The van der Waals surface area contributed by atoms with Crippen LogP contribution in [0.2, 0.25) is 0 Å². The molecule has 0 radical (unpaired) electrons. The van der Waals surface area contributed by atoms with Gasteiger partial charge in [-0.15, -0.1) is 11.3 Å². The number of anilines is 1. The van der Waals surface area contributed by atoms with Crippen LogP contribution in [0.4, 0.5) is 5.13 Å². The zero-order valence-corrected chi connectivity index (χ0v) is 9.99. The molecule has 0 unspecified atom stereocenters. The smallest absolute Gasteiger partial charge is 0.335 e. The summed E-state index contributed by atoms with van der Waals surface area (Å²) in [6.45, 7) is 2.39. The maximum absolute atomic E-state index is 10.8. The molecule has 0 saturated carbocycles. The van der Waals surface area contributed by atoms with E-state index in [-0.39, 0.29) is 5.56 Å². The van der Waals surface area contributed by atoms with Gasteiger partial charge in [-0.25, -0.2) is 9.78 Å². The molecule has 0 fully saturated rings. The Kier molecular flexibility index (Phi) is 3.34. The standard InChI is InChI=1S/C11H11N3O2S/c1-7-6-17-11(14-7)13-5-9-4-8(10(15)16)2-3-12-9/h2-4,6H,5H2,1H3,(H,13,14)(H,15,16). The summed E-state index contributed by atoms with van der Waals surface area (Å²) in [5.41, 5.74) is 1.88. The third kappa shape index (κ3) is 3.01. The first kappa shape index (κ1) is 11.5. The maximum atomic E-state index is 10.8. The number of thiazole rings is 1. The largest absolute Gasteiger partial charge is 0.478 e. The SMILES string of the molecule is Cc1csc(NCc2cc(C(=O)O)ccn2)n1. The van der Waals surface area contributed by atoms with E-state index in [4.69, 9.17) is 5.11 Å². The molecular formula is C11H11N3O2S. The van der Waals surface area contributed by atoms with Crippen molar-refractivity contribution in [2.75, 3.05) is 5.32 Å². The Hall–Kier alpha value is -1.95. The second-order valence-corrected chi connectivity index (χ2v) is 4.35. The van der Waals surface area contributed by atoms with Gasteiger partial charge in [-0.1, -0.05) is 0 Å². The van der Waals surface area contributed by atoms with Crippen molar-refractivity contribution >= 4 is 22.4 Å². The summed E-state index contributed by atoms with van der Waals surface area (Å²) in [6.07, 6.45) is 1.49. The van der Waals surface area contributed by atoms with Gasteiger partial charge in [-0.2, -0.15) is 0 Å². The topological polar surface area (TPSA) is 75.1 Å². The Bertz CT molecular complexity index is 539. The molecule has 2 aromatic heterocycles. The molecule has 2 aromatic rings. The molecule has 0 saturated heterocycles. The van der Waals surface area contributed by atoms with Gasteiger partial charge in [0.25, 0.3) is 0 Å². The van der Waals surface area contributed by atoms with Gasteiger partial charge in [0.15, 0.2) is 5.13 Å². The van der Waals surface area contributed by atoms with E-state index in [1.165, 1.54) is 23.6 Å². The predicted molar refractivity (Wildman–Crippen MR) is 65.4 cm³/mol. The van der Waals surface area contributed by atoms with Gasteiger partial charge in [0, 0.05) is 11.6 Å². The van der Waals surface area contributed by atoms with Gasteiger partial charge in [0.05, 0.1) is 23.5 Å². The number of rotatable bonds is 4. The van der Waals surface area contributed by atoms with Crippen molar-refractivity contribution in [1.29, 1.82) is 0 Å². The maximum Gasteiger partial charge on any atom is 0.335 e. The summed E-state index contributed by atoms with van der Waals surface area (Å²) in [5.74, 6) is -0.946. The highest BCUT2D eigenvalue weighted by molar-refractivity contribution is 7.13. The average Bonchev–Trinajstić information content (AvgIpc) is 2.73. The van der Waals surface area contributed by atoms with Crippen LogP contribution in [-0.4, -0.2) is 21.0 Å². The van der Waals surface area contributed by atoms with Crippen molar-refractivity contribution in [2.24, 2.45) is 0 Å². The highest BCUT2D eigenvalue weighted by Crippen LogP contribution is 2.15. The summed E-state index contributed by atoms with van der Waals surface area (Å²) >= 11 is 1.51. The van der Waals surface area contributed by atoms with Crippen LogP contribution in [0.1, 0.15) is 21.7 Å². The number of aryl methyl sites for hydroxylation is 1. The number of carboxylic acids is 1. The third-order valence-electron chi connectivity index (χ3n) is 2.10. The molecule has 2 N–H and O–H groups in total. The van der Waals surface area contributed by atoms with Gasteiger partial charge < -0.3 is 10.4 Å². The van der Waals surface area contributed by atoms with Crippen molar-refractivity contribution in [3.05, 3.63) is 40.7 Å². The van der Waals surface area contributed by atoms with Gasteiger partial charge in [-0.3, -0.25) is 4.98 Å². The number of aromatic carboxylic acids is 1. The van der Waals surface area contributed by atoms with Crippen LogP contribution in [0.3, 0.4) is 0 Å². The highest BCUT2D eigenvalue weighted by atomic mass is 32.1. The fourth-order valence-corrected chi connectivity index (χ4v) is 2.00. The van der Waals surface area contributed by atoms with E-state index in [1.54, 1.807) is 6.07 Å². The normalized spacial score (nSPS) is 10.2. The zero-order chi connectivity index (χ0) is 12.3. The molecule has 6 heteroatoms. The summed E-state index contributed by atoms with van der Waals surface area (Å²) in [7, 11) is 0. The molecule has 0 aliphatic rings. The second-order valence-electron chi connectivity index (χ2n) is 3.49. The van der Waals surface area contributed by atoms with E-state index in [9.17, 15) is 4.79 Å². The van der Waals surface area contributed by atoms with Crippen molar-refractivity contribution in [3.63, 3.8) is 0 Å². The molecule has 0 amide bonds. The minimum absolute atomic E-state index is 0.243. The number of pyridine rings is 1. The lowest BCUT2D eigenvalue weighted by molar-refractivity contribution is 0.0696. The summed E-state index contributed by atoms with van der Waals surface area (Å²) in [4.78, 5) is 19.1. The summed E-state index contributed by atoms with van der Waals surface area (Å²) in [5, 5.41) is 14.7. The number of hydrogen-bond donors (Lipinski definition) is 2. The predicted octanol–water partition coefficient (Wildman–Crippen LogP) is 2.16. The fraction of sp³-hybridized carbons (Fsp3) is 0.182. The van der Waals surface area contributed by atoms with Crippen LogP contribution < -0.4 is 5.32 Å². The lowest BCUT2D eigenvalue weighted by Crippen LogP contribution is -2.04. The molecule has 0 aromatic carbocycles. The molecule has 0 aliphatic heterocycles. The van der Waals surface area contributed by atoms with Crippen LogP contribution in [0.25, 0.3) is 0 Å². The second kappa shape index (κ2) is 4.92. The molecule has 0 atom stereocenters. The van der Waals surface area contributed by atoms with Crippen LogP contribution in [0.5, 0.6) is 0 Å². The minimum Gasteiger partial charge on any atom is -0.478 e. The molecule has 2 rings (SSSR count). The van der Waals surface area contributed by atoms with Gasteiger partial charge in [0.2, 0.25) is 0 Å². The number of nitrogens with one attached hydrogen (secondary N) is 1. The van der Waals surface area contributed by atoms with Crippen LogP contribution in [-0.2, 0) is 6.54 Å².